The van der Waals surface area contributed by atoms with Gasteiger partial charge >= 0.3 is 0 Å². The summed E-state index contributed by atoms with van der Waals surface area (Å²) in [4.78, 5) is 0. The second kappa shape index (κ2) is 4.17. The van der Waals surface area contributed by atoms with Crippen LogP contribution in [0.4, 0.5) is 0 Å². The molecule has 0 unspecified atom stereocenters. The molecule has 16 heavy (non-hydrogen) atoms. The van der Waals surface area contributed by atoms with Crippen LogP contribution in [0.3, 0.4) is 0 Å². The van der Waals surface area contributed by atoms with Gasteiger partial charge in [-0.05, 0) is 32.2 Å². The molecule has 1 aromatic heterocycles. The molecule has 2 N–H and O–H groups in total. The summed E-state index contributed by atoms with van der Waals surface area (Å²) in [6.45, 7) is 0.684. The molecule has 0 saturated heterocycles. The van der Waals surface area contributed by atoms with Crippen LogP contribution < -0.4 is 5.73 Å². The minimum Gasteiger partial charge on any atom is -0.330 e. The highest BCUT2D eigenvalue weighted by Gasteiger charge is 2.32. The monoisotopic (exact) mass is 220 g/mol. The molecule has 2 fully saturated rings. The fourth-order valence-corrected chi connectivity index (χ4v) is 2.86. The van der Waals surface area contributed by atoms with E-state index in [1.807, 2.05) is 0 Å². The maximum atomic E-state index is 5.65. The largest absolute Gasteiger partial charge is 0.330 e. The highest BCUT2D eigenvalue weighted by atomic mass is 15.5. The topological polar surface area (TPSA) is 56.7 Å². The van der Waals surface area contributed by atoms with E-state index in [0.717, 1.165) is 6.42 Å². The van der Waals surface area contributed by atoms with Gasteiger partial charge in [0.05, 0.1) is 17.4 Å². The van der Waals surface area contributed by atoms with E-state index in [1.165, 1.54) is 49.9 Å². The molecule has 0 bridgehead atoms. The number of rotatable bonds is 4. The van der Waals surface area contributed by atoms with E-state index in [1.54, 1.807) is 0 Å². The molecule has 2 aliphatic carbocycles. The van der Waals surface area contributed by atoms with Crippen LogP contribution in [0.5, 0.6) is 0 Å². The second-order valence-corrected chi connectivity index (χ2v) is 5.12. The zero-order chi connectivity index (χ0) is 11.0. The predicted octanol–water partition coefficient (Wildman–Crippen LogP) is 1.77. The van der Waals surface area contributed by atoms with Crippen molar-refractivity contribution in [3.63, 3.8) is 0 Å². The van der Waals surface area contributed by atoms with Gasteiger partial charge in [-0.25, -0.2) is 4.68 Å². The number of nitrogens with two attached hydrogens (primary N) is 1. The van der Waals surface area contributed by atoms with Gasteiger partial charge in [-0.3, -0.25) is 0 Å². The molecule has 0 radical (unpaired) electrons. The van der Waals surface area contributed by atoms with E-state index in [0.29, 0.717) is 18.5 Å². The molecule has 0 aliphatic heterocycles. The summed E-state index contributed by atoms with van der Waals surface area (Å²) in [6.07, 6.45) is 8.81. The van der Waals surface area contributed by atoms with E-state index in [9.17, 15) is 0 Å². The Hall–Kier alpha value is -0.900. The maximum Gasteiger partial charge on any atom is 0.0874 e. The van der Waals surface area contributed by atoms with Gasteiger partial charge in [0, 0.05) is 12.3 Å². The van der Waals surface area contributed by atoms with E-state index in [4.69, 9.17) is 5.73 Å². The Balaban J connectivity index is 1.92. The summed E-state index contributed by atoms with van der Waals surface area (Å²) in [5, 5.41) is 8.70. The Labute approximate surface area is 96.2 Å². The lowest BCUT2D eigenvalue weighted by atomic mass is 10.0. The quantitative estimate of drug-likeness (QED) is 0.841. The van der Waals surface area contributed by atoms with Crippen molar-refractivity contribution in [1.29, 1.82) is 0 Å². The van der Waals surface area contributed by atoms with Crippen molar-refractivity contribution in [1.82, 2.24) is 15.0 Å². The SMILES string of the molecule is NCCc1nnn(C2CC2)c1C1CCCC1. The predicted molar refractivity (Wildman–Crippen MR) is 62.3 cm³/mol. The number of hydrogen-bond acceptors (Lipinski definition) is 3. The lowest BCUT2D eigenvalue weighted by molar-refractivity contribution is 0.543. The molecule has 88 valence electrons. The van der Waals surface area contributed by atoms with Crippen LogP contribution in [0.1, 0.15) is 61.9 Å². The minimum atomic E-state index is 0.648. The Morgan fingerprint density at radius 1 is 1.19 bits per heavy atom. The van der Waals surface area contributed by atoms with Crippen molar-refractivity contribution in [2.45, 2.75) is 56.9 Å². The van der Waals surface area contributed by atoms with E-state index < -0.39 is 0 Å². The molecule has 4 nitrogen and oxygen atoms in total. The zero-order valence-electron chi connectivity index (χ0n) is 9.73. The second-order valence-electron chi connectivity index (χ2n) is 5.12. The van der Waals surface area contributed by atoms with Crippen LogP contribution in [0.25, 0.3) is 0 Å². The molecule has 0 spiro atoms. The Morgan fingerprint density at radius 3 is 2.56 bits per heavy atom. The first kappa shape index (κ1) is 10.3. The van der Waals surface area contributed by atoms with E-state index >= 15 is 0 Å². The van der Waals surface area contributed by atoms with Crippen molar-refractivity contribution in [2.24, 2.45) is 5.73 Å². The first-order valence-corrected chi connectivity index (χ1v) is 6.54. The fourth-order valence-electron chi connectivity index (χ4n) is 2.86. The smallest absolute Gasteiger partial charge is 0.0874 e. The lowest BCUT2D eigenvalue weighted by Crippen LogP contribution is -2.10. The number of hydrogen-bond donors (Lipinski definition) is 1. The van der Waals surface area contributed by atoms with Gasteiger partial charge in [0.1, 0.15) is 0 Å². The highest BCUT2D eigenvalue weighted by molar-refractivity contribution is 5.19. The van der Waals surface area contributed by atoms with Gasteiger partial charge in [0.15, 0.2) is 0 Å². The standard InChI is InChI=1S/C12H20N4/c13-8-7-11-12(9-3-1-2-4-9)16(15-14-11)10-5-6-10/h9-10H,1-8,13H2. The molecule has 1 heterocycles. The van der Waals surface area contributed by atoms with Gasteiger partial charge < -0.3 is 5.73 Å². The van der Waals surface area contributed by atoms with Gasteiger partial charge in [0.2, 0.25) is 0 Å². The average molecular weight is 220 g/mol. The number of nitrogens with zero attached hydrogens (tertiary/aromatic N) is 3. The first-order chi connectivity index (χ1) is 7.90. The molecule has 0 atom stereocenters. The molecule has 4 heteroatoms. The van der Waals surface area contributed by atoms with Crippen LogP contribution in [-0.4, -0.2) is 21.5 Å². The summed E-state index contributed by atoms with van der Waals surface area (Å²) in [5.41, 5.74) is 8.24. The van der Waals surface area contributed by atoms with Gasteiger partial charge in [-0.2, -0.15) is 0 Å². The van der Waals surface area contributed by atoms with Crippen LogP contribution in [0, 0.1) is 0 Å². The third kappa shape index (κ3) is 1.75. The summed E-state index contributed by atoms with van der Waals surface area (Å²) in [7, 11) is 0. The van der Waals surface area contributed by atoms with Crippen molar-refractivity contribution in [2.75, 3.05) is 6.54 Å². The molecule has 1 aromatic rings. The Morgan fingerprint density at radius 2 is 1.94 bits per heavy atom. The molecular formula is C12H20N4. The molecule has 0 aromatic carbocycles. The van der Waals surface area contributed by atoms with E-state index in [2.05, 4.69) is 15.0 Å². The molecule has 3 rings (SSSR count). The summed E-state index contributed by atoms with van der Waals surface area (Å²) in [5.74, 6) is 0.706. The van der Waals surface area contributed by atoms with E-state index in [-0.39, 0.29) is 0 Å². The third-order valence-electron chi connectivity index (χ3n) is 3.82. The fraction of sp³-hybridized carbons (Fsp3) is 0.833. The van der Waals surface area contributed by atoms with Crippen LogP contribution >= 0.6 is 0 Å². The van der Waals surface area contributed by atoms with Crippen LogP contribution in [-0.2, 0) is 6.42 Å². The molecule has 2 saturated carbocycles. The van der Waals surface area contributed by atoms with Crippen LogP contribution in [0.15, 0.2) is 0 Å². The van der Waals surface area contributed by atoms with Gasteiger partial charge in [0.25, 0.3) is 0 Å². The highest BCUT2D eigenvalue weighted by Crippen LogP contribution is 2.41. The minimum absolute atomic E-state index is 0.648. The van der Waals surface area contributed by atoms with Crippen LogP contribution in [0.2, 0.25) is 0 Å². The number of aromatic nitrogens is 3. The van der Waals surface area contributed by atoms with Crippen molar-refractivity contribution < 1.29 is 0 Å². The van der Waals surface area contributed by atoms with Gasteiger partial charge in [-0.15, -0.1) is 5.10 Å². The Kier molecular flexibility index (Phi) is 2.67. The normalized spacial score (nSPS) is 21.8. The average Bonchev–Trinajstić information content (AvgIpc) is 2.84. The summed E-state index contributed by atoms with van der Waals surface area (Å²) < 4.78 is 2.21. The molecule has 2 aliphatic rings. The molecular weight excluding hydrogens is 200 g/mol. The third-order valence-corrected chi connectivity index (χ3v) is 3.82. The maximum absolute atomic E-state index is 5.65. The zero-order valence-corrected chi connectivity index (χ0v) is 9.73. The summed E-state index contributed by atoms with van der Waals surface area (Å²) >= 11 is 0. The molecule has 0 amide bonds. The van der Waals surface area contributed by atoms with Gasteiger partial charge in [-0.1, -0.05) is 18.1 Å². The summed E-state index contributed by atoms with van der Waals surface area (Å²) in [6, 6.07) is 0.648. The van der Waals surface area contributed by atoms with Crippen molar-refractivity contribution in [3.05, 3.63) is 11.4 Å². The lowest BCUT2D eigenvalue weighted by Gasteiger charge is -2.13. The first-order valence-electron chi connectivity index (χ1n) is 6.54. The Bertz CT molecular complexity index is 361. The van der Waals surface area contributed by atoms with Crippen molar-refractivity contribution in [3.8, 4) is 0 Å². The van der Waals surface area contributed by atoms with Crippen molar-refractivity contribution >= 4 is 0 Å².